The molecule has 0 saturated carbocycles. The Labute approximate surface area is 188 Å². The van der Waals surface area contributed by atoms with Gasteiger partial charge >= 0.3 is 0 Å². The summed E-state index contributed by atoms with van der Waals surface area (Å²) in [5.41, 5.74) is 7.96. The number of rotatable bonds is 7. The normalized spacial score (nSPS) is 15.2. The van der Waals surface area contributed by atoms with Crippen LogP contribution in [0.2, 0.25) is 0 Å². The van der Waals surface area contributed by atoms with E-state index in [-0.39, 0.29) is 5.82 Å². The van der Waals surface area contributed by atoms with Gasteiger partial charge in [0.05, 0.1) is 19.8 Å². The number of amides is 1. The van der Waals surface area contributed by atoms with Gasteiger partial charge in [-0.25, -0.2) is 9.07 Å². The van der Waals surface area contributed by atoms with Crippen LogP contribution in [0.15, 0.2) is 58.9 Å². The molecule has 0 saturated heterocycles. The highest BCUT2D eigenvalue weighted by Crippen LogP contribution is 2.39. The average Bonchev–Trinajstić information content (AvgIpc) is 3.19. The number of anilines is 1. The zero-order valence-corrected chi connectivity index (χ0v) is 18.6. The van der Waals surface area contributed by atoms with E-state index in [9.17, 15) is 9.18 Å². The lowest BCUT2D eigenvalue weighted by molar-refractivity contribution is -0.115. The van der Waals surface area contributed by atoms with Gasteiger partial charge in [-0.15, -0.1) is 5.10 Å². The lowest BCUT2D eigenvalue weighted by atomic mass is 9.95. The second-order valence-electron chi connectivity index (χ2n) is 7.09. The molecule has 0 aliphatic carbocycles. The Morgan fingerprint density at radius 3 is 2.66 bits per heavy atom. The van der Waals surface area contributed by atoms with Crippen LogP contribution in [0.1, 0.15) is 24.1 Å². The van der Waals surface area contributed by atoms with E-state index in [1.807, 2.05) is 6.07 Å². The van der Waals surface area contributed by atoms with Crippen molar-refractivity contribution in [2.24, 2.45) is 5.73 Å². The van der Waals surface area contributed by atoms with Gasteiger partial charge in [0.2, 0.25) is 17.0 Å². The highest BCUT2D eigenvalue weighted by molar-refractivity contribution is 7.98. The Hall–Kier alpha value is -3.53. The molecule has 1 aromatic heterocycles. The minimum absolute atomic E-state index is 0.279. The van der Waals surface area contributed by atoms with Gasteiger partial charge in [-0.05, 0) is 36.2 Å². The summed E-state index contributed by atoms with van der Waals surface area (Å²) in [6, 6.07) is 11.3. The quantitative estimate of drug-likeness (QED) is 0.526. The van der Waals surface area contributed by atoms with Crippen LogP contribution in [-0.2, 0) is 10.5 Å². The lowest BCUT2D eigenvalue weighted by Gasteiger charge is -2.28. The molecule has 1 atom stereocenters. The van der Waals surface area contributed by atoms with Crippen LogP contribution in [0.3, 0.4) is 0 Å². The first kappa shape index (κ1) is 21.7. The number of hydrogen-bond acceptors (Lipinski definition) is 7. The van der Waals surface area contributed by atoms with Gasteiger partial charge in [0, 0.05) is 11.4 Å². The summed E-state index contributed by atoms with van der Waals surface area (Å²) < 4.78 is 26.3. The number of nitrogens with two attached hydrogens (primary N) is 1. The molecule has 4 rings (SSSR count). The third-order valence-electron chi connectivity index (χ3n) is 5.14. The van der Waals surface area contributed by atoms with Crippen LogP contribution in [0.4, 0.5) is 10.3 Å². The van der Waals surface area contributed by atoms with Crippen LogP contribution >= 0.6 is 11.8 Å². The van der Waals surface area contributed by atoms with E-state index >= 15 is 0 Å². The average molecular weight is 456 g/mol. The van der Waals surface area contributed by atoms with Crippen LogP contribution in [-0.4, -0.2) is 34.9 Å². The Bertz CT molecular complexity index is 1210. The molecule has 1 amide bonds. The van der Waals surface area contributed by atoms with E-state index in [1.165, 1.54) is 17.8 Å². The minimum Gasteiger partial charge on any atom is -0.493 e. The first-order valence-corrected chi connectivity index (χ1v) is 10.7. The van der Waals surface area contributed by atoms with Crippen molar-refractivity contribution in [3.63, 3.8) is 0 Å². The van der Waals surface area contributed by atoms with Crippen molar-refractivity contribution in [2.45, 2.75) is 23.9 Å². The van der Waals surface area contributed by atoms with E-state index in [1.54, 1.807) is 56.2 Å². The Balaban J connectivity index is 1.73. The number of carbonyl (C=O) groups excluding carboxylic acids is 1. The highest BCUT2D eigenvalue weighted by atomic mass is 32.2. The smallest absolute Gasteiger partial charge is 0.248 e. The highest BCUT2D eigenvalue weighted by Gasteiger charge is 2.34. The fourth-order valence-electron chi connectivity index (χ4n) is 3.60. The number of halogens is 1. The van der Waals surface area contributed by atoms with Gasteiger partial charge in [0.25, 0.3) is 0 Å². The number of fused-ring (bicyclic) bond motifs is 1. The Morgan fingerprint density at radius 1 is 1.22 bits per heavy atom. The van der Waals surface area contributed by atoms with Crippen molar-refractivity contribution < 1.29 is 18.7 Å². The van der Waals surface area contributed by atoms with Crippen LogP contribution in [0, 0.1) is 5.82 Å². The minimum atomic E-state index is -0.612. The number of nitrogens with one attached hydrogen (secondary N) is 1. The van der Waals surface area contributed by atoms with Gasteiger partial charge in [0.1, 0.15) is 11.9 Å². The molecule has 1 aliphatic heterocycles. The van der Waals surface area contributed by atoms with Crippen molar-refractivity contribution in [3.8, 4) is 11.5 Å². The fraction of sp³-hybridized carbons (Fsp3) is 0.227. The molecule has 0 unspecified atom stereocenters. The largest absolute Gasteiger partial charge is 0.493 e. The summed E-state index contributed by atoms with van der Waals surface area (Å²) in [6.07, 6.45) is 0. The molecule has 2 aromatic carbocycles. The number of nitrogens with zero attached hydrogens (tertiary/aromatic N) is 3. The Kier molecular flexibility index (Phi) is 6.04. The molecule has 0 radical (unpaired) electrons. The van der Waals surface area contributed by atoms with Crippen LogP contribution < -0.4 is 20.5 Å². The summed E-state index contributed by atoms with van der Waals surface area (Å²) in [6.45, 7) is 1.76. The Morgan fingerprint density at radius 2 is 1.97 bits per heavy atom. The van der Waals surface area contributed by atoms with Crippen molar-refractivity contribution >= 4 is 23.6 Å². The van der Waals surface area contributed by atoms with E-state index in [4.69, 9.17) is 15.2 Å². The number of aromatic nitrogens is 3. The molecule has 8 nitrogen and oxygen atoms in total. The summed E-state index contributed by atoms with van der Waals surface area (Å²) in [5.74, 6) is 1.05. The molecule has 166 valence electrons. The molecule has 32 heavy (non-hydrogen) atoms. The third-order valence-corrected chi connectivity index (χ3v) is 6.02. The molecule has 0 bridgehead atoms. The molecule has 1 aliphatic rings. The maximum Gasteiger partial charge on any atom is 0.248 e. The number of primary amides is 1. The van der Waals surface area contributed by atoms with Crippen LogP contribution in [0.25, 0.3) is 0 Å². The van der Waals surface area contributed by atoms with Crippen molar-refractivity contribution in [1.82, 2.24) is 14.8 Å². The van der Waals surface area contributed by atoms with Gasteiger partial charge in [-0.1, -0.05) is 36.0 Å². The van der Waals surface area contributed by atoms with Gasteiger partial charge in [0.15, 0.2) is 11.5 Å². The number of carbonyl (C=O) groups is 1. The molecule has 2 heterocycles. The molecule has 3 aromatic rings. The van der Waals surface area contributed by atoms with Gasteiger partial charge in [-0.3, -0.25) is 4.79 Å². The summed E-state index contributed by atoms with van der Waals surface area (Å²) in [5, 5.41) is 8.13. The molecule has 0 spiro atoms. The van der Waals surface area contributed by atoms with Crippen molar-refractivity contribution in [1.29, 1.82) is 0 Å². The topological polar surface area (TPSA) is 104 Å². The number of benzene rings is 2. The van der Waals surface area contributed by atoms with Gasteiger partial charge < -0.3 is 20.5 Å². The predicted octanol–water partition coefficient (Wildman–Crippen LogP) is 3.50. The second-order valence-corrected chi connectivity index (χ2v) is 8.03. The summed E-state index contributed by atoms with van der Waals surface area (Å²) >= 11 is 1.30. The number of methoxy groups -OCH3 is 2. The van der Waals surface area contributed by atoms with E-state index in [0.717, 1.165) is 5.56 Å². The zero-order valence-electron chi connectivity index (χ0n) is 17.8. The SMILES string of the molecule is COc1ccc([C@H]2C(C(N)=O)=C(C)Nc3nc(SCc4ccccc4F)nn32)cc1OC. The molecular weight excluding hydrogens is 433 g/mol. The molecular formula is C22H22FN5O3S. The first-order valence-electron chi connectivity index (χ1n) is 9.75. The van der Waals surface area contributed by atoms with Crippen molar-refractivity contribution in [3.05, 3.63) is 70.7 Å². The zero-order chi connectivity index (χ0) is 22.8. The first-order chi connectivity index (χ1) is 15.4. The predicted molar refractivity (Wildman–Crippen MR) is 119 cm³/mol. The third kappa shape index (κ3) is 4.01. The van der Waals surface area contributed by atoms with Crippen molar-refractivity contribution in [2.75, 3.05) is 19.5 Å². The number of allylic oxidation sites excluding steroid dienone is 1. The van der Waals surface area contributed by atoms with Gasteiger partial charge in [-0.2, -0.15) is 4.98 Å². The number of hydrogen-bond donors (Lipinski definition) is 2. The molecule has 0 fully saturated rings. The maximum absolute atomic E-state index is 14.0. The molecule has 10 heteroatoms. The van der Waals surface area contributed by atoms with E-state index in [2.05, 4.69) is 15.4 Å². The standard InChI is InChI=1S/C22H22FN5O3S/c1-12-18(20(24)29)19(13-8-9-16(30-2)17(10-13)31-3)28-21(25-12)26-22(27-28)32-11-14-6-4-5-7-15(14)23/h4-10,19H,11H2,1-3H3,(H2,24,29)(H,25,26,27)/t19-/m0/s1. The fourth-order valence-corrected chi connectivity index (χ4v) is 4.42. The van der Waals surface area contributed by atoms with E-state index < -0.39 is 11.9 Å². The number of ether oxygens (including phenoxy) is 2. The van der Waals surface area contributed by atoms with Crippen LogP contribution in [0.5, 0.6) is 11.5 Å². The lowest BCUT2D eigenvalue weighted by Crippen LogP contribution is -2.31. The summed E-state index contributed by atoms with van der Waals surface area (Å²) in [4.78, 5) is 16.9. The summed E-state index contributed by atoms with van der Waals surface area (Å²) in [7, 11) is 3.09. The molecule has 3 N–H and O–H groups in total. The van der Waals surface area contributed by atoms with E-state index in [0.29, 0.717) is 45.2 Å². The second kappa shape index (κ2) is 8.91. The number of thioether (sulfide) groups is 1. The maximum atomic E-state index is 14.0. The monoisotopic (exact) mass is 455 g/mol.